The van der Waals surface area contributed by atoms with Crippen LogP contribution in [-0.4, -0.2) is 54.2 Å². The number of anilines is 1. The molecule has 0 radical (unpaired) electrons. The van der Waals surface area contributed by atoms with Crippen LogP contribution in [0.25, 0.3) is 28.4 Å². The SMILES string of the molecule is c1ccc(-c2cnn(-c3nc(N4CCCCC4)c4ncn(C5CCCCO5)c4n3)n2)cc1. The van der Waals surface area contributed by atoms with Gasteiger partial charge in [-0.05, 0) is 38.5 Å². The molecule has 32 heavy (non-hydrogen) atoms. The number of fused-ring (bicyclic) bond motifs is 1. The Kier molecular flexibility index (Phi) is 5.03. The van der Waals surface area contributed by atoms with Gasteiger partial charge in [0.05, 0.1) is 12.5 Å². The molecule has 3 aromatic heterocycles. The molecular formula is C23H26N8O. The van der Waals surface area contributed by atoms with Crippen molar-refractivity contribution in [3.05, 3.63) is 42.9 Å². The van der Waals surface area contributed by atoms with E-state index < -0.39 is 0 Å². The summed E-state index contributed by atoms with van der Waals surface area (Å²) in [7, 11) is 0. The van der Waals surface area contributed by atoms with Gasteiger partial charge in [0, 0.05) is 25.3 Å². The van der Waals surface area contributed by atoms with Crippen LogP contribution in [0, 0.1) is 0 Å². The van der Waals surface area contributed by atoms with Crippen LogP contribution in [0.2, 0.25) is 0 Å². The minimum Gasteiger partial charge on any atom is -0.358 e. The topological polar surface area (TPSA) is 86.8 Å². The second kappa shape index (κ2) is 8.31. The molecule has 2 aliphatic rings. The van der Waals surface area contributed by atoms with Gasteiger partial charge in [-0.15, -0.1) is 9.90 Å². The Morgan fingerprint density at radius 2 is 1.81 bits per heavy atom. The van der Waals surface area contributed by atoms with E-state index in [1.165, 1.54) is 11.2 Å². The molecule has 1 atom stereocenters. The summed E-state index contributed by atoms with van der Waals surface area (Å²) < 4.78 is 8.08. The largest absolute Gasteiger partial charge is 0.358 e. The fourth-order valence-corrected chi connectivity index (χ4v) is 4.56. The highest BCUT2D eigenvalue weighted by Crippen LogP contribution is 2.31. The Hall–Kier alpha value is -3.33. The highest BCUT2D eigenvalue weighted by atomic mass is 16.5. The van der Waals surface area contributed by atoms with Crippen molar-refractivity contribution in [1.29, 1.82) is 0 Å². The molecule has 2 aliphatic heterocycles. The zero-order valence-electron chi connectivity index (χ0n) is 18.0. The van der Waals surface area contributed by atoms with Crippen LogP contribution in [0.4, 0.5) is 5.82 Å². The first-order chi connectivity index (χ1) is 15.9. The average molecular weight is 431 g/mol. The second-order valence-electron chi connectivity index (χ2n) is 8.43. The zero-order valence-corrected chi connectivity index (χ0v) is 18.0. The van der Waals surface area contributed by atoms with Crippen molar-refractivity contribution in [2.24, 2.45) is 0 Å². The molecule has 0 amide bonds. The molecule has 2 fully saturated rings. The number of hydrogen-bond donors (Lipinski definition) is 0. The van der Waals surface area contributed by atoms with Crippen molar-refractivity contribution < 1.29 is 4.74 Å². The van der Waals surface area contributed by atoms with Crippen molar-refractivity contribution in [2.45, 2.75) is 44.8 Å². The lowest BCUT2D eigenvalue weighted by molar-refractivity contribution is -0.0298. The third-order valence-corrected chi connectivity index (χ3v) is 6.25. The molecule has 0 bridgehead atoms. The summed E-state index contributed by atoms with van der Waals surface area (Å²) in [6.07, 6.45) is 10.3. The van der Waals surface area contributed by atoms with Gasteiger partial charge < -0.3 is 9.64 Å². The van der Waals surface area contributed by atoms with Gasteiger partial charge in [-0.2, -0.15) is 15.1 Å². The van der Waals surface area contributed by atoms with Gasteiger partial charge in [0.15, 0.2) is 17.0 Å². The van der Waals surface area contributed by atoms with Gasteiger partial charge in [-0.3, -0.25) is 4.57 Å². The molecule has 9 heteroatoms. The fraction of sp³-hybridized carbons (Fsp3) is 0.435. The number of nitrogens with zero attached hydrogens (tertiary/aromatic N) is 8. The van der Waals surface area contributed by atoms with Crippen LogP contribution in [0.5, 0.6) is 0 Å². The lowest BCUT2D eigenvalue weighted by atomic mass is 10.1. The maximum atomic E-state index is 6.03. The molecule has 0 aliphatic carbocycles. The molecule has 5 heterocycles. The van der Waals surface area contributed by atoms with E-state index in [1.54, 1.807) is 6.20 Å². The summed E-state index contributed by atoms with van der Waals surface area (Å²) in [5, 5.41) is 9.16. The van der Waals surface area contributed by atoms with E-state index in [-0.39, 0.29) is 6.23 Å². The number of rotatable bonds is 4. The lowest BCUT2D eigenvalue weighted by Gasteiger charge is -2.28. The molecule has 1 unspecified atom stereocenters. The van der Waals surface area contributed by atoms with Gasteiger partial charge in [0.1, 0.15) is 11.9 Å². The maximum Gasteiger partial charge on any atom is 0.272 e. The molecule has 4 aromatic rings. The maximum absolute atomic E-state index is 6.03. The first-order valence-corrected chi connectivity index (χ1v) is 11.5. The van der Waals surface area contributed by atoms with E-state index in [1.807, 2.05) is 36.7 Å². The van der Waals surface area contributed by atoms with Gasteiger partial charge in [-0.25, -0.2) is 4.98 Å². The van der Waals surface area contributed by atoms with E-state index in [2.05, 4.69) is 19.7 Å². The van der Waals surface area contributed by atoms with Crippen LogP contribution in [-0.2, 0) is 4.74 Å². The quantitative estimate of drug-likeness (QED) is 0.487. The van der Waals surface area contributed by atoms with Crippen molar-refractivity contribution in [1.82, 2.24) is 34.5 Å². The molecule has 0 spiro atoms. The molecular weight excluding hydrogens is 404 g/mol. The van der Waals surface area contributed by atoms with E-state index in [0.29, 0.717) is 5.95 Å². The van der Waals surface area contributed by atoms with Gasteiger partial charge in [0.2, 0.25) is 0 Å². The average Bonchev–Trinajstić information content (AvgIpc) is 3.53. The van der Waals surface area contributed by atoms with Crippen LogP contribution in [0.3, 0.4) is 0 Å². The monoisotopic (exact) mass is 430 g/mol. The fourth-order valence-electron chi connectivity index (χ4n) is 4.56. The van der Waals surface area contributed by atoms with Crippen molar-refractivity contribution in [3.63, 3.8) is 0 Å². The summed E-state index contributed by atoms with van der Waals surface area (Å²) in [4.78, 5) is 18.3. The van der Waals surface area contributed by atoms with E-state index in [0.717, 1.165) is 80.0 Å². The summed E-state index contributed by atoms with van der Waals surface area (Å²) in [6.45, 7) is 2.71. The number of imidazole rings is 1. The number of hydrogen-bond acceptors (Lipinski definition) is 7. The molecule has 164 valence electrons. The molecule has 0 saturated carbocycles. The molecule has 6 rings (SSSR count). The third-order valence-electron chi connectivity index (χ3n) is 6.25. The van der Waals surface area contributed by atoms with Crippen molar-refractivity contribution >= 4 is 17.0 Å². The Morgan fingerprint density at radius 1 is 0.938 bits per heavy atom. The summed E-state index contributed by atoms with van der Waals surface area (Å²) in [5.74, 6) is 1.32. The highest BCUT2D eigenvalue weighted by molar-refractivity contribution is 5.84. The van der Waals surface area contributed by atoms with Crippen LogP contribution < -0.4 is 4.90 Å². The predicted octanol–water partition coefficient (Wildman–Crippen LogP) is 3.76. The summed E-state index contributed by atoms with van der Waals surface area (Å²) in [6, 6.07) is 10.0. The minimum atomic E-state index is -0.0452. The van der Waals surface area contributed by atoms with Crippen LogP contribution >= 0.6 is 0 Å². The van der Waals surface area contributed by atoms with E-state index in [4.69, 9.17) is 19.7 Å². The number of piperidine rings is 1. The Bertz CT molecular complexity index is 1210. The normalized spacial score (nSPS) is 19.5. The molecule has 9 nitrogen and oxygen atoms in total. The number of ether oxygens (including phenoxy) is 1. The van der Waals surface area contributed by atoms with Crippen LogP contribution in [0.15, 0.2) is 42.9 Å². The van der Waals surface area contributed by atoms with Gasteiger partial charge in [-0.1, -0.05) is 30.3 Å². The van der Waals surface area contributed by atoms with Gasteiger partial charge in [0.25, 0.3) is 5.95 Å². The smallest absolute Gasteiger partial charge is 0.272 e. The first-order valence-electron chi connectivity index (χ1n) is 11.5. The molecule has 1 aromatic carbocycles. The number of aromatic nitrogens is 7. The third kappa shape index (κ3) is 3.52. The Labute approximate surface area is 186 Å². The first kappa shape index (κ1) is 19.4. The Balaban J connectivity index is 1.46. The Morgan fingerprint density at radius 3 is 2.62 bits per heavy atom. The summed E-state index contributed by atoms with van der Waals surface area (Å²) in [5.41, 5.74) is 3.40. The predicted molar refractivity (Wildman–Crippen MR) is 121 cm³/mol. The standard InChI is InChI=1S/C23H26N8O/c1-3-9-17(10-4-1)18-15-25-31(28-18)23-26-21(29-12-6-2-7-13-29)20-22(27-23)30(16-24-20)19-11-5-8-14-32-19/h1,3-4,9-10,15-16,19H,2,5-8,11-14H2. The van der Waals surface area contributed by atoms with Crippen molar-refractivity contribution in [3.8, 4) is 17.2 Å². The van der Waals surface area contributed by atoms with E-state index >= 15 is 0 Å². The second-order valence-corrected chi connectivity index (χ2v) is 8.43. The summed E-state index contributed by atoms with van der Waals surface area (Å²) >= 11 is 0. The van der Waals surface area contributed by atoms with Gasteiger partial charge >= 0.3 is 0 Å². The van der Waals surface area contributed by atoms with Crippen molar-refractivity contribution in [2.75, 3.05) is 24.6 Å². The highest BCUT2D eigenvalue weighted by Gasteiger charge is 2.25. The minimum absolute atomic E-state index is 0.0452. The molecule has 2 saturated heterocycles. The zero-order chi connectivity index (χ0) is 21.3. The van der Waals surface area contributed by atoms with Crippen LogP contribution in [0.1, 0.15) is 44.8 Å². The lowest BCUT2D eigenvalue weighted by Crippen LogP contribution is -2.31. The number of benzene rings is 1. The molecule has 0 N–H and O–H groups in total. The van der Waals surface area contributed by atoms with E-state index in [9.17, 15) is 0 Å².